The number of benzene rings is 3. The quantitative estimate of drug-likeness (QED) is 0.423. The van der Waals surface area contributed by atoms with Crippen LogP contribution in [0.15, 0.2) is 77.3 Å². The van der Waals surface area contributed by atoms with Crippen molar-refractivity contribution in [1.29, 1.82) is 0 Å². The Kier molecular flexibility index (Phi) is 6.41. The van der Waals surface area contributed by atoms with Gasteiger partial charge in [0.05, 0.1) is 6.61 Å². The molecule has 0 fully saturated rings. The predicted molar refractivity (Wildman–Crippen MR) is 117 cm³/mol. The standard InChI is InChI=1S/C24H20FN3O4/c1-2-30-20-12-10-19(11-13-20)26-22(29)15-31-21-5-3-4-17(14-21)23-27-24(32-28-23)16-6-8-18(25)9-7-16/h3-14H,2,15H2,1H3,(H,26,29). The molecule has 8 heteroatoms. The lowest BCUT2D eigenvalue weighted by atomic mass is 10.2. The van der Waals surface area contributed by atoms with Crippen molar-refractivity contribution in [2.75, 3.05) is 18.5 Å². The van der Waals surface area contributed by atoms with Gasteiger partial charge in [-0.2, -0.15) is 4.98 Å². The van der Waals surface area contributed by atoms with Crippen molar-refractivity contribution >= 4 is 11.6 Å². The highest BCUT2D eigenvalue weighted by atomic mass is 19.1. The lowest BCUT2D eigenvalue weighted by molar-refractivity contribution is -0.118. The minimum Gasteiger partial charge on any atom is -0.494 e. The number of nitrogens with one attached hydrogen (secondary N) is 1. The van der Waals surface area contributed by atoms with E-state index in [0.717, 1.165) is 5.75 Å². The first-order chi connectivity index (χ1) is 15.6. The van der Waals surface area contributed by atoms with E-state index in [4.69, 9.17) is 14.0 Å². The molecule has 0 unspecified atom stereocenters. The van der Waals surface area contributed by atoms with E-state index in [1.807, 2.05) is 6.92 Å². The number of ether oxygens (including phenoxy) is 2. The van der Waals surface area contributed by atoms with Crippen LogP contribution in [0.3, 0.4) is 0 Å². The van der Waals surface area contributed by atoms with E-state index in [2.05, 4.69) is 15.5 Å². The highest BCUT2D eigenvalue weighted by molar-refractivity contribution is 5.91. The summed E-state index contributed by atoms with van der Waals surface area (Å²) < 4.78 is 29.4. The van der Waals surface area contributed by atoms with Crippen molar-refractivity contribution in [3.8, 4) is 34.3 Å². The number of carbonyl (C=O) groups is 1. The molecule has 0 bridgehead atoms. The van der Waals surface area contributed by atoms with E-state index < -0.39 is 0 Å². The van der Waals surface area contributed by atoms with Gasteiger partial charge in [0.1, 0.15) is 17.3 Å². The molecular formula is C24H20FN3O4. The molecule has 1 aromatic heterocycles. The Balaban J connectivity index is 1.37. The molecule has 3 aromatic carbocycles. The first-order valence-electron chi connectivity index (χ1n) is 9.96. The van der Waals surface area contributed by atoms with Gasteiger partial charge in [0.15, 0.2) is 6.61 Å². The fourth-order valence-corrected chi connectivity index (χ4v) is 2.92. The molecule has 0 saturated carbocycles. The van der Waals surface area contributed by atoms with Gasteiger partial charge in [0, 0.05) is 16.8 Å². The molecule has 1 N–H and O–H groups in total. The van der Waals surface area contributed by atoms with Crippen LogP contribution < -0.4 is 14.8 Å². The average molecular weight is 433 g/mol. The largest absolute Gasteiger partial charge is 0.494 e. The van der Waals surface area contributed by atoms with Gasteiger partial charge in [0.25, 0.3) is 11.8 Å². The first-order valence-corrected chi connectivity index (χ1v) is 9.96. The van der Waals surface area contributed by atoms with Crippen LogP contribution in [0.25, 0.3) is 22.8 Å². The molecule has 162 valence electrons. The predicted octanol–water partition coefficient (Wildman–Crippen LogP) is 4.96. The second kappa shape index (κ2) is 9.74. The summed E-state index contributed by atoms with van der Waals surface area (Å²) in [5.41, 5.74) is 1.92. The number of hydrogen-bond donors (Lipinski definition) is 1. The fraction of sp³-hybridized carbons (Fsp3) is 0.125. The maximum Gasteiger partial charge on any atom is 0.262 e. The second-order valence-corrected chi connectivity index (χ2v) is 6.75. The summed E-state index contributed by atoms with van der Waals surface area (Å²) in [6, 6.07) is 19.9. The zero-order chi connectivity index (χ0) is 22.3. The number of hydrogen-bond acceptors (Lipinski definition) is 6. The Labute approximate surface area is 183 Å². The van der Waals surface area contributed by atoms with E-state index >= 15 is 0 Å². The topological polar surface area (TPSA) is 86.5 Å². The van der Waals surface area contributed by atoms with Gasteiger partial charge in [-0.15, -0.1) is 0 Å². The third-order valence-corrected chi connectivity index (χ3v) is 4.43. The molecule has 0 spiro atoms. The molecule has 32 heavy (non-hydrogen) atoms. The van der Waals surface area contributed by atoms with Crippen LogP contribution in [-0.4, -0.2) is 29.3 Å². The highest BCUT2D eigenvalue weighted by Crippen LogP contribution is 2.25. The summed E-state index contributed by atoms with van der Waals surface area (Å²) >= 11 is 0. The SMILES string of the molecule is CCOc1ccc(NC(=O)COc2cccc(-c3noc(-c4ccc(F)cc4)n3)c2)cc1. The molecule has 0 aliphatic carbocycles. The van der Waals surface area contributed by atoms with Crippen molar-refractivity contribution in [2.24, 2.45) is 0 Å². The summed E-state index contributed by atoms with van der Waals surface area (Å²) in [5.74, 6) is 1.22. The monoisotopic (exact) mass is 433 g/mol. The second-order valence-electron chi connectivity index (χ2n) is 6.75. The number of carbonyl (C=O) groups excluding carboxylic acids is 1. The summed E-state index contributed by atoms with van der Waals surface area (Å²) in [6.45, 7) is 2.32. The lowest BCUT2D eigenvalue weighted by Crippen LogP contribution is -2.20. The van der Waals surface area contributed by atoms with Crippen molar-refractivity contribution in [3.05, 3.63) is 78.6 Å². The minimum atomic E-state index is -0.343. The van der Waals surface area contributed by atoms with Gasteiger partial charge >= 0.3 is 0 Å². The maximum absolute atomic E-state index is 13.1. The van der Waals surface area contributed by atoms with Crippen molar-refractivity contribution in [2.45, 2.75) is 6.92 Å². The van der Waals surface area contributed by atoms with Crippen molar-refractivity contribution in [1.82, 2.24) is 10.1 Å². The molecule has 0 aliphatic rings. The molecule has 1 amide bonds. The van der Waals surface area contributed by atoms with E-state index in [0.29, 0.717) is 35.0 Å². The maximum atomic E-state index is 13.1. The Morgan fingerprint density at radius 2 is 1.75 bits per heavy atom. The smallest absolute Gasteiger partial charge is 0.262 e. The number of halogens is 1. The Bertz CT molecular complexity index is 1190. The van der Waals surface area contributed by atoms with Crippen LogP contribution in [-0.2, 0) is 4.79 Å². The fourth-order valence-electron chi connectivity index (χ4n) is 2.92. The highest BCUT2D eigenvalue weighted by Gasteiger charge is 2.12. The normalized spacial score (nSPS) is 10.6. The first kappa shape index (κ1) is 21.0. The van der Waals surface area contributed by atoms with Gasteiger partial charge < -0.3 is 19.3 Å². The van der Waals surface area contributed by atoms with Crippen molar-refractivity contribution in [3.63, 3.8) is 0 Å². The number of aromatic nitrogens is 2. The molecular weight excluding hydrogens is 413 g/mol. The van der Waals surface area contributed by atoms with Crippen LogP contribution in [0.1, 0.15) is 6.92 Å². The molecule has 0 radical (unpaired) electrons. The van der Waals surface area contributed by atoms with Crippen LogP contribution >= 0.6 is 0 Å². The van der Waals surface area contributed by atoms with E-state index in [1.54, 1.807) is 60.7 Å². The van der Waals surface area contributed by atoms with Gasteiger partial charge in [-0.05, 0) is 67.6 Å². The molecule has 0 aliphatic heterocycles. The summed E-state index contributed by atoms with van der Waals surface area (Å²) in [6.07, 6.45) is 0. The van der Waals surface area contributed by atoms with Crippen LogP contribution in [0.2, 0.25) is 0 Å². The Morgan fingerprint density at radius 1 is 0.969 bits per heavy atom. The lowest BCUT2D eigenvalue weighted by Gasteiger charge is -2.09. The molecule has 0 saturated heterocycles. The summed E-state index contributed by atoms with van der Waals surface area (Å²) in [7, 11) is 0. The van der Waals surface area contributed by atoms with Gasteiger partial charge in [0.2, 0.25) is 5.82 Å². The number of nitrogens with zero attached hydrogens (tertiary/aromatic N) is 2. The van der Waals surface area contributed by atoms with Crippen LogP contribution in [0, 0.1) is 5.82 Å². The third kappa shape index (κ3) is 5.28. The zero-order valence-corrected chi connectivity index (χ0v) is 17.2. The van der Waals surface area contributed by atoms with Crippen LogP contribution in [0.5, 0.6) is 11.5 Å². The molecule has 0 atom stereocenters. The number of anilines is 1. The average Bonchev–Trinajstić information content (AvgIpc) is 3.30. The Hall–Kier alpha value is -4.20. The number of amides is 1. The summed E-state index contributed by atoms with van der Waals surface area (Å²) in [4.78, 5) is 16.5. The van der Waals surface area contributed by atoms with Crippen LogP contribution in [0.4, 0.5) is 10.1 Å². The third-order valence-electron chi connectivity index (χ3n) is 4.43. The van der Waals surface area contributed by atoms with Gasteiger partial charge in [-0.25, -0.2) is 4.39 Å². The summed E-state index contributed by atoms with van der Waals surface area (Å²) in [5, 5.41) is 6.74. The molecule has 1 heterocycles. The molecule has 7 nitrogen and oxygen atoms in total. The van der Waals surface area contributed by atoms with E-state index in [9.17, 15) is 9.18 Å². The minimum absolute atomic E-state index is 0.163. The van der Waals surface area contributed by atoms with Gasteiger partial charge in [-0.1, -0.05) is 17.3 Å². The van der Waals surface area contributed by atoms with E-state index in [1.165, 1.54) is 12.1 Å². The molecule has 4 rings (SSSR count). The van der Waals surface area contributed by atoms with Crippen molar-refractivity contribution < 1.29 is 23.2 Å². The number of rotatable bonds is 8. The van der Waals surface area contributed by atoms with E-state index in [-0.39, 0.29) is 24.2 Å². The molecule has 4 aromatic rings. The zero-order valence-electron chi connectivity index (χ0n) is 17.2. The Morgan fingerprint density at radius 3 is 2.50 bits per heavy atom. The van der Waals surface area contributed by atoms with Gasteiger partial charge in [-0.3, -0.25) is 4.79 Å².